The zero-order valence-corrected chi connectivity index (χ0v) is 21.2. The summed E-state index contributed by atoms with van der Waals surface area (Å²) in [5, 5.41) is 34.1. The maximum absolute atomic E-state index is 12.8. The number of benzene rings is 1. The summed E-state index contributed by atoms with van der Waals surface area (Å²) >= 11 is 0. The average Bonchev–Trinajstić information content (AvgIpc) is 3.33. The lowest BCUT2D eigenvalue weighted by atomic mass is 10.1. The fraction of sp³-hybridized carbons (Fsp3) is 0.421. The van der Waals surface area contributed by atoms with Crippen LogP contribution in [0.25, 0.3) is 11.2 Å². The number of aromatic nitrogens is 4. The van der Waals surface area contributed by atoms with Crippen LogP contribution in [0.2, 0.25) is 0 Å². The highest BCUT2D eigenvalue weighted by Crippen LogP contribution is 2.55. The van der Waals surface area contributed by atoms with Crippen molar-refractivity contribution in [2.45, 2.75) is 36.9 Å². The third kappa shape index (κ3) is 6.63. The summed E-state index contributed by atoms with van der Waals surface area (Å²) in [6, 6.07) is 4.42. The van der Waals surface area contributed by atoms with Crippen LogP contribution in [0.15, 0.2) is 36.9 Å². The van der Waals surface area contributed by atoms with Crippen molar-refractivity contribution in [3.05, 3.63) is 48.0 Å². The minimum atomic E-state index is -4.94. The lowest BCUT2D eigenvalue weighted by molar-refractivity contribution is -0.234. The van der Waals surface area contributed by atoms with E-state index in [9.17, 15) is 42.5 Å². The van der Waals surface area contributed by atoms with Crippen LogP contribution < -0.4 is 5.32 Å². The predicted octanol–water partition coefficient (Wildman–Crippen LogP) is 0.734. The summed E-state index contributed by atoms with van der Waals surface area (Å²) < 4.78 is 72.3. The molecule has 1 fully saturated rings. The van der Waals surface area contributed by atoms with Crippen molar-refractivity contribution >= 4 is 32.2 Å². The van der Waals surface area contributed by atoms with E-state index in [1.807, 2.05) is 0 Å². The highest BCUT2D eigenvalue weighted by molar-refractivity contribution is 7.70. The molecule has 0 saturated carbocycles. The number of halogens is 3. The number of imidazole rings is 1. The molecule has 3 heterocycles. The van der Waals surface area contributed by atoms with Gasteiger partial charge in [-0.1, -0.05) is 12.1 Å². The molecule has 7 N–H and O–H groups in total. The van der Waals surface area contributed by atoms with Crippen LogP contribution in [0.1, 0.15) is 17.4 Å². The molecule has 1 saturated heterocycles. The van der Waals surface area contributed by atoms with Gasteiger partial charge in [-0.15, -0.1) is 0 Å². The van der Waals surface area contributed by atoms with Crippen molar-refractivity contribution < 1.29 is 61.6 Å². The van der Waals surface area contributed by atoms with Crippen LogP contribution in [-0.2, 0) is 31.1 Å². The third-order valence-corrected chi connectivity index (χ3v) is 9.10. The second-order valence-electron chi connectivity index (χ2n) is 8.58. The van der Waals surface area contributed by atoms with Crippen LogP contribution in [0, 0.1) is 0 Å². The number of anilines is 1. The number of hydrogen-bond donors (Lipinski definition) is 7. The second-order valence-corrected chi connectivity index (χ2v) is 12.6. The molecule has 15 nitrogen and oxygen atoms in total. The molecule has 4 atom stereocenters. The first-order valence-corrected chi connectivity index (χ1v) is 14.4. The fourth-order valence-corrected chi connectivity index (χ4v) is 6.30. The molecule has 0 radical (unpaired) electrons. The summed E-state index contributed by atoms with van der Waals surface area (Å²) in [6.07, 6.45) is -7.71. The molecule has 2 aromatic heterocycles. The van der Waals surface area contributed by atoms with Gasteiger partial charge in [0, 0.05) is 6.54 Å². The molecule has 0 spiro atoms. The fourth-order valence-electron chi connectivity index (χ4n) is 3.75. The third-order valence-electron chi connectivity index (χ3n) is 5.65. The number of aliphatic hydroxyl groups is 3. The van der Waals surface area contributed by atoms with Gasteiger partial charge < -0.3 is 44.6 Å². The van der Waals surface area contributed by atoms with Crippen LogP contribution in [0.5, 0.6) is 0 Å². The first-order chi connectivity index (χ1) is 18.0. The van der Waals surface area contributed by atoms with Crippen molar-refractivity contribution in [1.29, 1.82) is 0 Å². The maximum atomic E-state index is 12.8. The molecule has 3 aromatic rings. The van der Waals surface area contributed by atoms with Gasteiger partial charge in [0.15, 0.2) is 35.2 Å². The molecule has 0 amide bonds. The highest BCUT2D eigenvalue weighted by Gasteiger charge is 2.56. The molecule has 1 aliphatic heterocycles. The molecule has 0 aliphatic carbocycles. The van der Waals surface area contributed by atoms with E-state index in [2.05, 4.69) is 24.8 Å². The molecule has 1 unspecified atom stereocenters. The first kappa shape index (κ1) is 29.5. The Morgan fingerprint density at radius 3 is 2.38 bits per heavy atom. The number of aliphatic hydroxyl groups excluding tert-OH is 1. The lowest BCUT2D eigenvalue weighted by Gasteiger charge is -2.25. The van der Waals surface area contributed by atoms with E-state index in [1.54, 1.807) is 0 Å². The van der Waals surface area contributed by atoms with E-state index in [0.29, 0.717) is 5.56 Å². The van der Waals surface area contributed by atoms with E-state index >= 15 is 0 Å². The first-order valence-electron chi connectivity index (χ1n) is 10.8. The zero-order valence-electron chi connectivity index (χ0n) is 19.5. The zero-order chi connectivity index (χ0) is 28.8. The van der Waals surface area contributed by atoms with Gasteiger partial charge in [-0.3, -0.25) is 13.7 Å². The average molecular weight is 599 g/mol. The molecule has 20 heteroatoms. The van der Waals surface area contributed by atoms with Gasteiger partial charge in [-0.25, -0.2) is 15.0 Å². The van der Waals surface area contributed by atoms with Gasteiger partial charge in [0.05, 0.1) is 18.5 Å². The highest BCUT2D eigenvalue weighted by atomic mass is 31.2. The monoisotopic (exact) mass is 599 g/mol. The SMILES string of the molecule is O=P(O)(O)CP(=O)(O)OC[C@H]1O[C@@H](n2cnc3c(NCc4ccc(C(F)(F)F)cc4)ncnc32)[C@H](O)C1(O)O. The number of alkyl halides is 3. The summed E-state index contributed by atoms with van der Waals surface area (Å²) in [6.45, 7) is -0.971. The van der Waals surface area contributed by atoms with E-state index in [4.69, 9.17) is 14.5 Å². The minimum absolute atomic E-state index is 0.0377. The number of ether oxygens (including phenoxy) is 1. The topological polar surface area (TPSA) is 230 Å². The van der Waals surface area contributed by atoms with Crippen LogP contribution in [0.3, 0.4) is 0 Å². The maximum Gasteiger partial charge on any atom is 0.416 e. The Hall–Kier alpha value is -2.50. The number of nitrogens with one attached hydrogen (secondary N) is 1. The quantitative estimate of drug-likeness (QED) is 0.133. The molecule has 4 rings (SSSR count). The van der Waals surface area contributed by atoms with Crippen LogP contribution in [-0.4, -0.2) is 80.0 Å². The number of nitrogens with zero attached hydrogens (tertiary/aromatic N) is 4. The summed E-state index contributed by atoms with van der Waals surface area (Å²) in [7, 11) is -9.81. The Labute approximate surface area is 216 Å². The molecular weight excluding hydrogens is 577 g/mol. The Morgan fingerprint density at radius 1 is 1.10 bits per heavy atom. The van der Waals surface area contributed by atoms with Crippen molar-refractivity contribution in [1.82, 2.24) is 19.5 Å². The van der Waals surface area contributed by atoms with Crippen molar-refractivity contribution in [2.24, 2.45) is 0 Å². The van der Waals surface area contributed by atoms with Gasteiger partial charge in [-0.2, -0.15) is 13.2 Å². The molecule has 1 aliphatic rings. The van der Waals surface area contributed by atoms with Gasteiger partial charge in [-0.05, 0) is 17.7 Å². The van der Waals surface area contributed by atoms with Crippen molar-refractivity contribution in [2.75, 3.05) is 17.8 Å². The van der Waals surface area contributed by atoms with Crippen molar-refractivity contribution in [3.63, 3.8) is 0 Å². The number of rotatable bonds is 9. The Balaban J connectivity index is 1.50. The minimum Gasteiger partial charge on any atom is -0.383 e. The molecule has 39 heavy (non-hydrogen) atoms. The lowest BCUT2D eigenvalue weighted by Crippen LogP contribution is -2.49. The molecule has 1 aromatic carbocycles. The summed E-state index contributed by atoms with van der Waals surface area (Å²) in [4.78, 5) is 39.6. The Kier molecular flexibility index (Phi) is 7.92. The molecule has 214 valence electrons. The summed E-state index contributed by atoms with van der Waals surface area (Å²) in [5.41, 5.74) is -0.143. The Bertz CT molecular complexity index is 1430. The standard InChI is InChI=1S/C19H22F3N5O10P2/c20-19(21,22)11-3-1-10(2-4-11)5-23-15-13-16(25-7-24-15)27(8-26-13)17-14(28)18(29,30)12(37-17)6-36-39(34,35)9-38(31,32)33/h1-4,7-8,12,14,17,28-30H,5-6,9H2,(H,34,35)(H,23,24,25)(H2,31,32,33)/t12-,14+,17-/m1/s1. The molecular formula is C19H22F3N5O10P2. The van der Waals surface area contributed by atoms with E-state index in [1.165, 1.54) is 12.1 Å². The van der Waals surface area contributed by atoms with E-state index in [0.717, 1.165) is 29.4 Å². The van der Waals surface area contributed by atoms with E-state index in [-0.39, 0.29) is 23.5 Å². The van der Waals surface area contributed by atoms with E-state index < -0.39 is 63.7 Å². The van der Waals surface area contributed by atoms with Crippen LogP contribution in [0.4, 0.5) is 19.0 Å². The summed E-state index contributed by atoms with van der Waals surface area (Å²) in [5.74, 6) is -4.39. The van der Waals surface area contributed by atoms with Gasteiger partial charge in [0.25, 0.3) is 0 Å². The van der Waals surface area contributed by atoms with Crippen LogP contribution >= 0.6 is 15.2 Å². The Morgan fingerprint density at radius 2 is 1.77 bits per heavy atom. The smallest absolute Gasteiger partial charge is 0.383 e. The normalized spacial score (nSPS) is 23.2. The number of hydrogen-bond acceptors (Lipinski definition) is 11. The van der Waals surface area contributed by atoms with Gasteiger partial charge >= 0.3 is 21.4 Å². The van der Waals surface area contributed by atoms with Crippen molar-refractivity contribution in [3.8, 4) is 0 Å². The molecule has 0 bridgehead atoms. The van der Waals surface area contributed by atoms with Gasteiger partial charge in [0.2, 0.25) is 5.79 Å². The number of fused-ring (bicyclic) bond motifs is 1. The largest absolute Gasteiger partial charge is 0.416 e. The van der Waals surface area contributed by atoms with Gasteiger partial charge in [0.1, 0.15) is 12.4 Å². The predicted molar refractivity (Wildman–Crippen MR) is 124 cm³/mol. The second kappa shape index (κ2) is 10.5.